The number of nitrogens with one attached hydrogen (secondary N) is 1. The van der Waals surface area contributed by atoms with Crippen molar-refractivity contribution in [2.75, 3.05) is 5.32 Å². The summed E-state index contributed by atoms with van der Waals surface area (Å²) in [5, 5.41) is 3.69. The summed E-state index contributed by atoms with van der Waals surface area (Å²) in [5.74, 6) is 0. The Bertz CT molecular complexity index is 951. The third kappa shape index (κ3) is 3.50. The van der Waals surface area contributed by atoms with Gasteiger partial charge >= 0.3 is 0 Å². The highest BCUT2D eigenvalue weighted by Crippen LogP contribution is 2.33. The molecule has 0 aliphatic heterocycles. The number of para-hydroxylation sites is 1. The van der Waals surface area contributed by atoms with Gasteiger partial charge in [-0.15, -0.1) is 0 Å². The maximum absolute atomic E-state index is 4.56. The summed E-state index contributed by atoms with van der Waals surface area (Å²) in [4.78, 5) is 4.56. The van der Waals surface area contributed by atoms with Crippen LogP contribution in [0.2, 0.25) is 0 Å². The highest BCUT2D eigenvalue weighted by Gasteiger charge is 2.18. The van der Waals surface area contributed by atoms with Crippen molar-refractivity contribution in [1.82, 2.24) is 4.98 Å². The molecular weight excluding hydrogens is 316 g/mol. The van der Waals surface area contributed by atoms with Gasteiger partial charge in [0.15, 0.2) is 0 Å². The minimum atomic E-state index is 0.0387. The van der Waals surface area contributed by atoms with E-state index in [1.165, 1.54) is 11.1 Å². The normalized spacial score (nSPS) is 11.7. The van der Waals surface area contributed by atoms with Crippen molar-refractivity contribution in [3.8, 4) is 11.3 Å². The fourth-order valence-electron chi connectivity index (χ4n) is 3.19. The number of aromatic nitrogens is 1. The molecule has 126 valence electrons. The molecule has 26 heavy (non-hydrogen) atoms. The van der Waals surface area contributed by atoms with Crippen LogP contribution in [0.5, 0.6) is 0 Å². The maximum Gasteiger partial charge on any atom is 0.0774 e. The highest BCUT2D eigenvalue weighted by atomic mass is 14.9. The van der Waals surface area contributed by atoms with Crippen molar-refractivity contribution in [2.45, 2.75) is 6.04 Å². The lowest BCUT2D eigenvalue weighted by molar-refractivity contribution is 0.940. The molecule has 2 nitrogen and oxygen atoms in total. The first-order chi connectivity index (χ1) is 12.9. The predicted octanol–water partition coefficient (Wildman–Crippen LogP) is 5.95. The molecule has 0 unspecified atom stereocenters. The lowest BCUT2D eigenvalue weighted by atomic mass is 9.92. The van der Waals surface area contributed by atoms with Crippen LogP contribution in [0.4, 0.5) is 5.69 Å². The monoisotopic (exact) mass is 336 g/mol. The van der Waals surface area contributed by atoms with E-state index in [0.29, 0.717) is 0 Å². The molecule has 1 N–H and O–H groups in total. The molecular formula is C24H20N2. The Morgan fingerprint density at radius 2 is 1.27 bits per heavy atom. The van der Waals surface area contributed by atoms with Gasteiger partial charge in [0.1, 0.15) is 0 Å². The average Bonchev–Trinajstić information content (AvgIpc) is 2.74. The van der Waals surface area contributed by atoms with Crippen LogP contribution in [0.3, 0.4) is 0 Å². The second-order valence-corrected chi connectivity index (χ2v) is 6.16. The van der Waals surface area contributed by atoms with E-state index in [4.69, 9.17) is 0 Å². The van der Waals surface area contributed by atoms with Gasteiger partial charge in [0.05, 0.1) is 11.7 Å². The topological polar surface area (TPSA) is 24.9 Å². The number of nitrogens with zero attached hydrogens (tertiary/aromatic N) is 1. The van der Waals surface area contributed by atoms with E-state index < -0.39 is 0 Å². The van der Waals surface area contributed by atoms with Crippen LogP contribution in [-0.2, 0) is 0 Å². The van der Waals surface area contributed by atoms with Gasteiger partial charge in [0.25, 0.3) is 0 Å². The molecule has 1 heterocycles. The zero-order chi connectivity index (χ0) is 17.6. The third-order valence-corrected chi connectivity index (χ3v) is 4.43. The van der Waals surface area contributed by atoms with Crippen molar-refractivity contribution in [1.29, 1.82) is 0 Å². The third-order valence-electron chi connectivity index (χ3n) is 4.43. The molecule has 0 saturated carbocycles. The summed E-state index contributed by atoms with van der Waals surface area (Å²) in [6.07, 6.45) is 1.84. The van der Waals surface area contributed by atoms with Crippen molar-refractivity contribution in [3.63, 3.8) is 0 Å². The first-order valence-electron chi connectivity index (χ1n) is 8.79. The summed E-state index contributed by atoms with van der Waals surface area (Å²) in [6.45, 7) is 0. The van der Waals surface area contributed by atoms with Gasteiger partial charge in [-0.2, -0.15) is 0 Å². The minimum Gasteiger partial charge on any atom is -0.374 e. The van der Waals surface area contributed by atoms with Crippen LogP contribution in [-0.4, -0.2) is 4.98 Å². The number of rotatable bonds is 5. The van der Waals surface area contributed by atoms with Crippen LogP contribution in [0.15, 0.2) is 109 Å². The van der Waals surface area contributed by atoms with Gasteiger partial charge < -0.3 is 5.32 Å². The van der Waals surface area contributed by atoms with Gasteiger partial charge in [0, 0.05) is 17.4 Å². The number of benzene rings is 3. The van der Waals surface area contributed by atoms with Crippen molar-refractivity contribution in [2.24, 2.45) is 0 Å². The number of anilines is 1. The first-order valence-corrected chi connectivity index (χ1v) is 8.79. The highest BCUT2D eigenvalue weighted by molar-refractivity contribution is 5.67. The van der Waals surface area contributed by atoms with Gasteiger partial charge in [-0.25, -0.2) is 0 Å². The summed E-state index contributed by atoms with van der Waals surface area (Å²) < 4.78 is 0. The van der Waals surface area contributed by atoms with Crippen LogP contribution in [0, 0.1) is 0 Å². The lowest BCUT2D eigenvalue weighted by Crippen LogP contribution is -2.13. The Morgan fingerprint density at radius 1 is 0.615 bits per heavy atom. The standard InChI is InChI=1S/C24H20N2/c1-3-11-19(12-4-1)24(26-20-13-5-2-6-14-20)22-16-8-7-15-21(22)23-17-9-10-18-25-23/h1-18,24,26H/t24-/m0/s1. The second kappa shape index (κ2) is 7.66. The molecule has 0 spiro atoms. The van der Waals surface area contributed by atoms with Gasteiger partial charge in [-0.05, 0) is 35.4 Å². The quantitative estimate of drug-likeness (QED) is 0.487. The van der Waals surface area contributed by atoms with Gasteiger partial charge in [0.2, 0.25) is 0 Å². The Balaban J connectivity index is 1.82. The molecule has 4 aromatic rings. The van der Waals surface area contributed by atoms with E-state index in [1.807, 2.05) is 30.5 Å². The maximum atomic E-state index is 4.56. The molecule has 0 aliphatic carbocycles. The summed E-state index contributed by atoms with van der Waals surface area (Å²) in [5.41, 5.74) is 5.66. The SMILES string of the molecule is c1ccc(N[C@@H](c2ccccc2)c2ccccc2-c2ccccn2)cc1. The Labute approximate surface area is 154 Å². The number of pyridine rings is 1. The molecule has 2 heteroatoms. The molecule has 1 aromatic heterocycles. The average molecular weight is 336 g/mol. The van der Waals surface area contributed by atoms with Crippen LogP contribution in [0.25, 0.3) is 11.3 Å². The number of hydrogen-bond acceptors (Lipinski definition) is 2. The molecule has 0 bridgehead atoms. The van der Waals surface area contributed by atoms with Crippen molar-refractivity contribution < 1.29 is 0 Å². The van der Waals surface area contributed by atoms with Gasteiger partial charge in [-0.1, -0.05) is 78.9 Å². The predicted molar refractivity (Wildman–Crippen MR) is 108 cm³/mol. The molecule has 0 amide bonds. The smallest absolute Gasteiger partial charge is 0.0774 e. The zero-order valence-corrected chi connectivity index (χ0v) is 14.4. The molecule has 0 aliphatic rings. The fourth-order valence-corrected chi connectivity index (χ4v) is 3.19. The Morgan fingerprint density at radius 3 is 2.00 bits per heavy atom. The molecule has 1 atom stereocenters. The van der Waals surface area contributed by atoms with Crippen LogP contribution in [0.1, 0.15) is 17.2 Å². The van der Waals surface area contributed by atoms with E-state index in [0.717, 1.165) is 16.9 Å². The van der Waals surface area contributed by atoms with Gasteiger partial charge in [-0.3, -0.25) is 4.98 Å². The molecule has 0 fully saturated rings. The number of hydrogen-bond donors (Lipinski definition) is 1. The Kier molecular flexibility index (Phi) is 4.74. The molecule has 0 saturated heterocycles. The first kappa shape index (κ1) is 16.1. The van der Waals surface area contributed by atoms with E-state index in [-0.39, 0.29) is 6.04 Å². The lowest BCUT2D eigenvalue weighted by Gasteiger charge is -2.23. The second-order valence-electron chi connectivity index (χ2n) is 6.16. The fraction of sp³-hybridized carbons (Fsp3) is 0.0417. The largest absolute Gasteiger partial charge is 0.374 e. The van der Waals surface area contributed by atoms with E-state index in [2.05, 4.69) is 89.2 Å². The minimum absolute atomic E-state index is 0.0387. The molecule has 0 radical (unpaired) electrons. The van der Waals surface area contributed by atoms with Crippen molar-refractivity contribution >= 4 is 5.69 Å². The van der Waals surface area contributed by atoms with Crippen LogP contribution < -0.4 is 5.32 Å². The zero-order valence-electron chi connectivity index (χ0n) is 14.4. The summed E-state index contributed by atoms with van der Waals surface area (Å²) in [7, 11) is 0. The van der Waals surface area contributed by atoms with E-state index in [1.54, 1.807) is 0 Å². The summed E-state index contributed by atoms with van der Waals surface area (Å²) in [6, 6.07) is 35.4. The molecule has 4 rings (SSSR count). The molecule has 3 aromatic carbocycles. The van der Waals surface area contributed by atoms with Crippen molar-refractivity contribution in [3.05, 3.63) is 120 Å². The Hall–Kier alpha value is -3.39. The summed E-state index contributed by atoms with van der Waals surface area (Å²) >= 11 is 0. The van der Waals surface area contributed by atoms with Crippen LogP contribution >= 0.6 is 0 Å². The van der Waals surface area contributed by atoms with E-state index >= 15 is 0 Å². The van der Waals surface area contributed by atoms with E-state index in [9.17, 15) is 0 Å².